The minimum Gasteiger partial charge on any atom is -0.493 e. The molecule has 0 aromatic heterocycles. The van der Waals surface area contributed by atoms with Crippen molar-refractivity contribution in [3.05, 3.63) is 53.6 Å². The fraction of sp³-hybridized carbons (Fsp3) is 0.333. The van der Waals surface area contributed by atoms with Crippen molar-refractivity contribution >= 4 is 21.6 Å². The molecule has 0 radical (unpaired) electrons. The van der Waals surface area contributed by atoms with Gasteiger partial charge in [-0.15, -0.1) is 11.6 Å². The van der Waals surface area contributed by atoms with Crippen LogP contribution >= 0.6 is 11.6 Å². The summed E-state index contributed by atoms with van der Waals surface area (Å²) in [5.74, 6) is 1.36. The van der Waals surface area contributed by atoms with Crippen molar-refractivity contribution < 1.29 is 17.9 Å². The van der Waals surface area contributed by atoms with E-state index in [-0.39, 0.29) is 10.8 Å². The van der Waals surface area contributed by atoms with Gasteiger partial charge in [0, 0.05) is 12.4 Å². The van der Waals surface area contributed by atoms with Crippen LogP contribution in [-0.2, 0) is 16.4 Å². The summed E-state index contributed by atoms with van der Waals surface area (Å²) in [6, 6.07) is 11.7. The van der Waals surface area contributed by atoms with Gasteiger partial charge >= 0.3 is 0 Å². The highest BCUT2D eigenvalue weighted by atomic mass is 35.5. The fourth-order valence-electron chi connectivity index (χ4n) is 3.18. The van der Waals surface area contributed by atoms with Gasteiger partial charge in [-0.25, -0.2) is 8.42 Å². The molecule has 2 aromatic rings. The summed E-state index contributed by atoms with van der Waals surface area (Å²) in [6.07, 6.45) is 0.592. The normalized spacial score (nSPS) is 17.8. The van der Waals surface area contributed by atoms with Gasteiger partial charge in [0.2, 0.25) is 10.0 Å². The molecule has 0 spiro atoms. The standard InChI is InChI=1S/C18H20ClNO4S/c1-23-17-10-13-8-9-20(16(12-19)15(13)11-18(17)24-2)25(21,22)14-6-4-3-5-7-14/h3-7,10-11,16H,8-9,12H2,1-2H3. The van der Waals surface area contributed by atoms with Crippen molar-refractivity contribution in [1.29, 1.82) is 0 Å². The first-order valence-corrected chi connectivity index (χ1v) is 9.88. The van der Waals surface area contributed by atoms with E-state index in [0.717, 1.165) is 11.1 Å². The van der Waals surface area contributed by atoms with Gasteiger partial charge in [-0.05, 0) is 41.8 Å². The van der Waals surface area contributed by atoms with E-state index in [1.807, 2.05) is 12.1 Å². The fourth-order valence-corrected chi connectivity index (χ4v) is 5.22. The number of rotatable bonds is 5. The zero-order chi connectivity index (χ0) is 18.0. The van der Waals surface area contributed by atoms with Crippen LogP contribution in [0, 0.1) is 0 Å². The van der Waals surface area contributed by atoms with Crippen molar-refractivity contribution in [2.24, 2.45) is 0 Å². The molecule has 0 saturated heterocycles. The minimum atomic E-state index is -3.62. The number of methoxy groups -OCH3 is 2. The molecule has 1 aliphatic rings. The Balaban J connectivity index is 2.06. The molecule has 0 aliphatic carbocycles. The summed E-state index contributed by atoms with van der Waals surface area (Å²) in [7, 11) is -0.486. The molecule has 134 valence electrons. The second kappa shape index (κ2) is 7.23. The van der Waals surface area contributed by atoms with Crippen LogP contribution < -0.4 is 9.47 Å². The largest absolute Gasteiger partial charge is 0.493 e. The number of nitrogens with zero attached hydrogens (tertiary/aromatic N) is 1. The number of hydrogen-bond acceptors (Lipinski definition) is 4. The molecule has 3 rings (SSSR count). The van der Waals surface area contributed by atoms with Crippen LogP contribution in [0.3, 0.4) is 0 Å². The third-order valence-electron chi connectivity index (χ3n) is 4.45. The molecular weight excluding hydrogens is 362 g/mol. The predicted octanol–water partition coefficient (Wildman–Crippen LogP) is 3.23. The number of fused-ring (bicyclic) bond motifs is 1. The number of alkyl halides is 1. The molecule has 1 atom stereocenters. The number of sulfonamides is 1. The van der Waals surface area contributed by atoms with Crippen molar-refractivity contribution in [2.75, 3.05) is 26.6 Å². The Morgan fingerprint density at radius 3 is 2.36 bits per heavy atom. The number of halogens is 1. The van der Waals surface area contributed by atoms with Gasteiger partial charge in [0.05, 0.1) is 25.2 Å². The monoisotopic (exact) mass is 381 g/mol. The maximum absolute atomic E-state index is 13.1. The highest BCUT2D eigenvalue weighted by molar-refractivity contribution is 7.89. The van der Waals surface area contributed by atoms with E-state index in [0.29, 0.717) is 24.5 Å². The van der Waals surface area contributed by atoms with Crippen molar-refractivity contribution in [2.45, 2.75) is 17.4 Å². The lowest BCUT2D eigenvalue weighted by Crippen LogP contribution is -2.40. The molecular formula is C18H20ClNO4S. The van der Waals surface area contributed by atoms with Gasteiger partial charge < -0.3 is 9.47 Å². The van der Waals surface area contributed by atoms with Crippen LogP contribution in [0.4, 0.5) is 0 Å². The van der Waals surface area contributed by atoms with E-state index >= 15 is 0 Å². The number of hydrogen-bond donors (Lipinski definition) is 0. The Hall–Kier alpha value is -1.76. The van der Waals surface area contributed by atoms with Gasteiger partial charge in [0.15, 0.2) is 11.5 Å². The van der Waals surface area contributed by atoms with Crippen molar-refractivity contribution in [3.8, 4) is 11.5 Å². The van der Waals surface area contributed by atoms with Crippen molar-refractivity contribution in [1.82, 2.24) is 4.31 Å². The molecule has 0 bridgehead atoms. The maximum Gasteiger partial charge on any atom is 0.243 e. The lowest BCUT2D eigenvalue weighted by atomic mass is 9.94. The first-order chi connectivity index (χ1) is 12.0. The minimum absolute atomic E-state index is 0.161. The van der Waals surface area contributed by atoms with E-state index in [1.54, 1.807) is 44.6 Å². The van der Waals surface area contributed by atoms with Gasteiger partial charge in [0.1, 0.15) is 0 Å². The van der Waals surface area contributed by atoms with E-state index in [2.05, 4.69) is 0 Å². The Bertz CT molecular complexity index is 855. The Kier molecular flexibility index (Phi) is 5.22. The highest BCUT2D eigenvalue weighted by Crippen LogP contribution is 2.40. The van der Waals surface area contributed by atoms with E-state index in [4.69, 9.17) is 21.1 Å². The molecule has 1 aliphatic heterocycles. The summed E-state index contributed by atoms with van der Waals surface area (Å²) in [5.41, 5.74) is 1.89. The van der Waals surface area contributed by atoms with Crippen LogP contribution in [0.5, 0.6) is 11.5 Å². The van der Waals surface area contributed by atoms with Crippen LogP contribution in [0.1, 0.15) is 17.2 Å². The summed E-state index contributed by atoms with van der Waals surface area (Å²) < 4.78 is 38.3. The first-order valence-electron chi connectivity index (χ1n) is 7.90. The second-order valence-electron chi connectivity index (χ2n) is 5.75. The average molecular weight is 382 g/mol. The zero-order valence-corrected chi connectivity index (χ0v) is 15.7. The van der Waals surface area contributed by atoms with E-state index in [9.17, 15) is 8.42 Å². The predicted molar refractivity (Wildman–Crippen MR) is 97.0 cm³/mol. The first kappa shape index (κ1) is 18.0. The topological polar surface area (TPSA) is 55.8 Å². The molecule has 0 saturated carbocycles. The lowest BCUT2D eigenvalue weighted by molar-refractivity contribution is 0.321. The Morgan fingerprint density at radius 2 is 1.76 bits per heavy atom. The Labute approximate surface area is 153 Å². The molecule has 0 amide bonds. The van der Waals surface area contributed by atoms with Gasteiger partial charge in [-0.3, -0.25) is 0 Å². The Morgan fingerprint density at radius 1 is 1.12 bits per heavy atom. The smallest absolute Gasteiger partial charge is 0.243 e. The molecule has 0 fully saturated rings. The summed E-state index contributed by atoms with van der Waals surface area (Å²) in [5, 5.41) is 0. The lowest BCUT2D eigenvalue weighted by Gasteiger charge is -2.35. The maximum atomic E-state index is 13.1. The molecule has 7 heteroatoms. The molecule has 5 nitrogen and oxygen atoms in total. The van der Waals surface area contributed by atoms with Crippen LogP contribution in [0.15, 0.2) is 47.4 Å². The molecule has 25 heavy (non-hydrogen) atoms. The van der Waals surface area contributed by atoms with Crippen LogP contribution in [0.25, 0.3) is 0 Å². The highest BCUT2D eigenvalue weighted by Gasteiger charge is 2.36. The summed E-state index contributed by atoms with van der Waals surface area (Å²) >= 11 is 6.19. The summed E-state index contributed by atoms with van der Waals surface area (Å²) in [6.45, 7) is 0.372. The molecule has 1 heterocycles. The number of benzene rings is 2. The van der Waals surface area contributed by atoms with Crippen LogP contribution in [0.2, 0.25) is 0 Å². The van der Waals surface area contributed by atoms with Gasteiger partial charge in [-0.2, -0.15) is 4.31 Å². The van der Waals surface area contributed by atoms with Gasteiger partial charge in [0.25, 0.3) is 0 Å². The third-order valence-corrected chi connectivity index (χ3v) is 6.66. The zero-order valence-electron chi connectivity index (χ0n) is 14.1. The number of ether oxygens (including phenoxy) is 2. The average Bonchev–Trinajstić information content (AvgIpc) is 2.66. The van der Waals surface area contributed by atoms with E-state index in [1.165, 1.54) is 4.31 Å². The SMILES string of the molecule is COc1cc2c(cc1OC)C(CCl)N(S(=O)(=O)c1ccccc1)CC2. The quantitative estimate of drug-likeness (QED) is 0.746. The van der Waals surface area contributed by atoms with Crippen molar-refractivity contribution in [3.63, 3.8) is 0 Å². The van der Waals surface area contributed by atoms with E-state index < -0.39 is 16.1 Å². The molecule has 1 unspecified atom stereocenters. The molecule has 0 N–H and O–H groups in total. The van der Waals surface area contributed by atoms with Crippen LogP contribution in [-0.4, -0.2) is 39.4 Å². The third kappa shape index (κ3) is 3.21. The molecule has 2 aromatic carbocycles. The van der Waals surface area contributed by atoms with Gasteiger partial charge in [-0.1, -0.05) is 18.2 Å². The summed E-state index contributed by atoms with van der Waals surface area (Å²) in [4.78, 5) is 0.272. The second-order valence-corrected chi connectivity index (χ2v) is 7.95.